The van der Waals surface area contributed by atoms with Gasteiger partial charge >= 0.3 is 0 Å². The van der Waals surface area contributed by atoms with Gasteiger partial charge in [0.2, 0.25) is 6.54 Å². The summed E-state index contributed by atoms with van der Waals surface area (Å²) in [6.45, 7) is 8.97. The van der Waals surface area contributed by atoms with Gasteiger partial charge in [0.1, 0.15) is 0 Å². The van der Waals surface area contributed by atoms with E-state index in [0.717, 1.165) is 11.3 Å². The van der Waals surface area contributed by atoms with Crippen LogP contribution in [0, 0.1) is 13.5 Å². The van der Waals surface area contributed by atoms with Gasteiger partial charge in [0.15, 0.2) is 5.15 Å². The number of hydrogen-bond acceptors (Lipinski definition) is 1. The maximum absolute atomic E-state index is 6.60. The van der Waals surface area contributed by atoms with E-state index in [-0.39, 0.29) is 0 Å². The number of halogens is 1. The van der Waals surface area contributed by atoms with E-state index in [2.05, 4.69) is 15.0 Å². The molecule has 1 aromatic heterocycles. The normalized spacial score (nSPS) is 9.55. The maximum Gasteiger partial charge on any atom is 0.218 e. The van der Waals surface area contributed by atoms with Crippen LogP contribution in [0.4, 0.5) is 0 Å². The quantitative estimate of drug-likeness (QED) is 0.674. The van der Waals surface area contributed by atoms with Gasteiger partial charge in [0.05, 0.1) is 0 Å². The molecule has 0 spiro atoms. The molecule has 0 saturated carbocycles. The van der Waals surface area contributed by atoms with Crippen LogP contribution < -0.4 is 0 Å². The first-order chi connectivity index (χ1) is 5.25. The Morgan fingerprint density at radius 3 is 2.91 bits per heavy atom. The van der Waals surface area contributed by atoms with Gasteiger partial charge < -0.3 is 4.85 Å². The number of aromatic nitrogens is 2. The van der Waals surface area contributed by atoms with Crippen molar-refractivity contribution in [1.29, 1.82) is 0 Å². The Labute approximate surface area is 70.2 Å². The molecule has 4 heteroatoms. The molecule has 58 valence electrons. The third-order valence-electron chi connectivity index (χ3n) is 1.50. The number of aryl methyl sites for hydroxylation is 1. The van der Waals surface area contributed by atoms with E-state index in [1.807, 2.05) is 6.92 Å². The lowest BCUT2D eigenvalue weighted by Gasteiger charge is -1.90. The van der Waals surface area contributed by atoms with E-state index < -0.39 is 0 Å². The molecule has 1 N–H and O–H groups in total. The molecule has 0 radical (unpaired) electrons. The molecule has 11 heavy (non-hydrogen) atoms. The number of nitrogens with one attached hydrogen (secondary N) is 1. The average molecular weight is 170 g/mol. The summed E-state index contributed by atoms with van der Waals surface area (Å²) in [5, 5.41) is 7.06. The van der Waals surface area contributed by atoms with Gasteiger partial charge in [-0.2, -0.15) is 5.10 Å². The van der Waals surface area contributed by atoms with E-state index >= 15 is 0 Å². The third-order valence-corrected chi connectivity index (χ3v) is 1.81. The highest BCUT2D eigenvalue weighted by Crippen LogP contribution is 2.15. The van der Waals surface area contributed by atoms with Crippen LogP contribution in [0.2, 0.25) is 5.15 Å². The second kappa shape index (κ2) is 3.40. The number of nitrogens with zero attached hydrogens (tertiary/aromatic N) is 2. The molecule has 1 rings (SSSR count). The van der Waals surface area contributed by atoms with Crippen molar-refractivity contribution in [2.45, 2.75) is 13.3 Å². The number of aromatic amines is 1. The van der Waals surface area contributed by atoms with Crippen LogP contribution in [0.25, 0.3) is 4.85 Å². The molecule has 0 amide bonds. The fraction of sp³-hybridized carbons (Fsp3) is 0.429. The zero-order valence-corrected chi connectivity index (χ0v) is 6.94. The molecule has 1 aromatic rings. The van der Waals surface area contributed by atoms with Crippen LogP contribution in [0.15, 0.2) is 0 Å². The van der Waals surface area contributed by atoms with E-state index in [4.69, 9.17) is 18.2 Å². The monoisotopic (exact) mass is 169 g/mol. The summed E-state index contributed by atoms with van der Waals surface area (Å²) in [6.07, 6.45) is 0.685. The van der Waals surface area contributed by atoms with Crippen molar-refractivity contribution in [3.05, 3.63) is 27.8 Å². The van der Waals surface area contributed by atoms with E-state index in [0.29, 0.717) is 18.1 Å². The standard InChI is InChI=1S/C7H8ClN3/c1-5-6(3-4-9-2)7(8)11-10-5/h3-4H2,1H3,(H,10,11). The molecule has 3 nitrogen and oxygen atoms in total. The molecule has 0 unspecified atom stereocenters. The Morgan fingerprint density at radius 1 is 1.73 bits per heavy atom. The van der Waals surface area contributed by atoms with Crippen LogP contribution in [-0.2, 0) is 6.42 Å². The van der Waals surface area contributed by atoms with Crippen LogP contribution in [0.1, 0.15) is 11.3 Å². The van der Waals surface area contributed by atoms with Crippen molar-refractivity contribution < 1.29 is 0 Å². The number of hydrogen-bond donors (Lipinski definition) is 1. The first-order valence-corrected chi connectivity index (χ1v) is 3.66. The molecule has 0 aliphatic carbocycles. The SMILES string of the molecule is [C-]#[N+]CCc1c(Cl)n[nH]c1C. The van der Waals surface area contributed by atoms with Crippen LogP contribution in [-0.4, -0.2) is 16.7 Å². The summed E-state index contributed by atoms with van der Waals surface area (Å²) in [4.78, 5) is 3.24. The lowest BCUT2D eigenvalue weighted by Crippen LogP contribution is -1.88. The van der Waals surface area contributed by atoms with Gasteiger partial charge in [0, 0.05) is 17.7 Å². The average Bonchev–Trinajstić information content (AvgIpc) is 2.29. The first-order valence-electron chi connectivity index (χ1n) is 3.28. The van der Waals surface area contributed by atoms with Gasteiger partial charge in [-0.15, -0.1) is 0 Å². The van der Waals surface area contributed by atoms with Crippen LogP contribution in [0.5, 0.6) is 0 Å². The summed E-state index contributed by atoms with van der Waals surface area (Å²) in [5.74, 6) is 0. The van der Waals surface area contributed by atoms with Gasteiger partial charge in [-0.3, -0.25) is 5.10 Å². The molecule has 0 bridgehead atoms. The second-order valence-electron chi connectivity index (χ2n) is 2.25. The van der Waals surface area contributed by atoms with Gasteiger partial charge in [0.25, 0.3) is 0 Å². The van der Waals surface area contributed by atoms with E-state index in [1.54, 1.807) is 0 Å². The summed E-state index contributed by atoms with van der Waals surface area (Å²) in [7, 11) is 0. The Bertz CT molecular complexity index is 265. The van der Waals surface area contributed by atoms with Crippen molar-refractivity contribution in [3.8, 4) is 0 Å². The van der Waals surface area contributed by atoms with Crippen molar-refractivity contribution >= 4 is 11.6 Å². The molecule has 0 aliphatic heterocycles. The largest absolute Gasteiger partial charge is 0.317 e. The fourth-order valence-electron chi connectivity index (χ4n) is 0.881. The molecular weight excluding hydrogens is 162 g/mol. The van der Waals surface area contributed by atoms with Crippen molar-refractivity contribution in [3.63, 3.8) is 0 Å². The Hall–Kier alpha value is -1.01. The fourth-order valence-corrected chi connectivity index (χ4v) is 1.16. The van der Waals surface area contributed by atoms with Gasteiger partial charge in [-0.1, -0.05) is 11.6 Å². The molecule has 1 heterocycles. The minimum Gasteiger partial charge on any atom is -0.317 e. The van der Waals surface area contributed by atoms with Crippen molar-refractivity contribution in [2.24, 2.45) is 0 Å². The number of rotatable bonds is 2. The first kappa shape index (κ1) is 8.09. The highest BCUT2D eigenvalue weighted by molar-refractivity contribution is 6.30. The molecule has 0 saturated heterocycles. The maximum atomic E-state index is 6.60. The van der Waals surface area contributed by atoms with Crippen LogP contribution >= 0.6 is 11.6 Å². The predicted molar refractivity (Wildman–Crippen MR) is 43.5 cm³/mol. The zero-order chi connectivity index (χ0) is 8.27. The smallest absolute Gasteiger partial charge is 0.218 e. The van der Waals surface area contributed by atoms with Gasteiger partial charge in [-0.05, 0) is 6.92 Å². The Kier molecular flexibility index (Phi) is 2.50. The summed E-state index contributed by atoms with van der Waals surface area (Å²) >= 11 is 5.74. The van der Waals surface area contributed by atoms with E-state index in [9.17, 15) is 0 Å². The minimum atomic E-state index is 0.472. The molecular formula is C7H8ClN3. The van der Waals surface area contributed by atoms with Crippen LogP contribution in [0.3, 0.4) is 0 Å². The molecule has 0 fully saturated rings. The summed E-state index contributed by atoms with van der Waals surface area (Å²) in [6, 6.07) is 0. The third kappa shape index (κ3) is 1.72. The topological polar surface area (TPSA) is 33.0 Å². The van der Waals surface area contributed by atoms with Gasteiger partial charge in [-0.25, -0.2) is 6.57 Å². The predicted octanol–water partition coefficient (Wildman–Crippen LogP) is 1.83. The highest BCUT2D eigenvalue weighted by Gasteiger charge is 2.07. The molecule has 0 atom stereocenters. The summed E-state index contributed by atoms with van der Waals surface area (Å²) in [5.41, 5.74) is 1.92. The van der Waals surface area contributed by atoms with Crippen molar-refractivity contribution in [1.82, 2.24) is 10.2 Å². The number of H-pyrrole nitrogens is 1. The highest BCUT2D eigenvalue weighted by atomic mass is 35.5. The Balaban J connectivity index is 2.77. The lowest BCUT2D eigenvalue weighted by atomic mass is 10.2. The lowest BCUT2D eigenvalue weighted by molar-refractivity contribution is 1.03. The molecule has 0 aliphatic rings. The van der Waals surface area contributed by atoms with Crippen molar-refractivity contribution in [2.75, 3.05) is 6.54 Å². The van der Waals surface area contributed by atoms with E-state index in [1.165, 1.54) is 0 Å². The Morgan fingerprint density at radius 2 is 2.45 bits per heavy atom. The second-order valence-corrected chi connectivity index (χ2v) is 2.61. The zero-order valence-electron chi connectivity index (χ0n) is 6.19. The minimum absolute atomic E-state index is 0.472. The molecule has 0 aromatic carbocycles. The summed E-state index contributed by atoms with van der Waals surface area (Å²) < 4.78 is 0.